The molecular weight excluding hydrogens is 320 g/mol. The molecule has 0 aromatic heterocycles. The van der Waals surface area contributed by atoms with Crippen molar-refractivity contribution in [3.8, 4) is 11.5 Å². The van der Waals surface area contributed by atoms with Crippen LogP contribution in [-0.2, 0) is 11.3 Å². The Labute approximate surface area is 144 Å². The highest BCUT2D eigenvalue weighted by Gasteiger charge is 2.27. The maximum absolute atomic E-state index is 12.5. The van der Waals surface area contributed by atoms with E-state index in [1.807, 2.05) is 26.0 Å². The van der Waals surface area contributed by atoms with Crippen molar-refractivity contribution in [2.45, 2.75) is 45.5 Å². The van der Waals surface area contributed by atoms with Crippen LogP contribution in [0, 0.1) is 0 Å². The van der Waals surface area contributed by atoms with E-state index in [2.05, 4.69) is 0 Å². The Kier molecular flexibility index (Phi) is 8.97. The van der Waals surface area contributed by atoms with Crippen molar-refractivity contribution in [1.82, 2.24) is 4.90 Å². The van der Waals surface area contributed by atoms with Gasteiger partial charge in [-0.15, -0.1) is 12.4 Å². The number of benzene rings is 1. The largest absolute Gasteiger partial charge is 0.493 e. The number of hydrogen-bond donors (Lipinski definition) is 2. The molecular formula is C16H27ClN2O4. The number of nitrogens with two attached hydrogens (primary N) is 1. The monoisotopic (exact) mass is 346 g/mol. The quantitative estimate of drug-likeness (QED) is 0.782. The topological polar surface area (TPSA) is 85.0 Å². The van der Waals surface area contributed by atoms with Crippen LogP contribution >= 0.6 is 12.4 Å². The number of carbonyl (C=O) groups excluding carboxylic acids is 1. The zero-order valence-electron chi connectivity index (χ0n) is 14.3. The van der Waals surface area contributed by atoms with Crippen LogP contribution < -0.4 is 15.2 Å². The van der Waals surface area contributed by atoms with Crippen LogP contribution in [0.15, 0.2) is 18.2 Å². The number of aliphatic hydroxyl groups is 1. The molecule has 1 rings (SSSR count). The van der Waals surface area contributed by atoms with Crippen molar-refractivity contribution < 1.29 is 19.4 Å². The number of nitrogens with zero attached hydrogens (tertiary/aromatic N) is 1. The first-order valence-corrected chi connectivity index (χ1v) is 7.27. The number of carbonyl (C=O) groups is 1. The molecule has 23 heavy (non-hydrogen) atoms. The fourth-order valence-electron chi connectivity index (χ4n) is 2.17. The predicted octanol–water partition coefficient (Wildman–Crippen LogP) is 1.57. The molecule has 0 aliphatic heterocycles. The first kappa shape index (κ1) is 21.5. The van der Waals surface area contributed by atoms with Crippen molar-refractivity contribution in [2.24, 2.45) is 5.73 Å². The molecule has 0 aliphatic rings. The minimum Gasteiger partial charge on any atom is -0.493 e. The molecule has 0 saturated carbocycles. The third kappa shape index (κ3) is 5.27. The third-order valence-corrected chi connectivity index (χ3v) is 3.54. The Hall–Kier alpha value is -1.50. The number of halogens is 1. The van der Waals surface area contributed by atoms with E-state index in [-0.39, 0.29) is 24.4 Å². The molecule has 2 atom stereocenters. The second kappa shape index (κ2) is 9.60. The Morgan fingerprint density at radius 3 is 2.30 bits per heavy atom. The van der Waals surface area contributed by atoms with E-state index in [0.717, 1.165) is 5.56 Å². The number of para-hydroxylation sites is 1. The lowest BCUT2D eigenvalue weighted by molar-refractivity contribution is -0.137. The Morgan fingerprint density at radius 1 is 1.26 bits per heavy atom. The Balaban J connectivity index is 0.00000484. The number of rotatable bonds is 7. The molecule has 1 aromatic carbocycles. The summed E-state index contributed by atoms with van der Waals surface area (Å²) < 4.78 is 10.7. The van der Waals surface area contributed by atoms with Crippen molar-refractivity contribution in [3.05, 3.63) is 23.8 Å². The molecule has 1 aromatic rings. The zero-order valence-corrected chi connectivity index (χ0v) is 15.1. The number of hydrogen-bond acceptors (Lipinski definition) is 5. The molecule has 0 fully saturated rings. The third-order valence-electron chi connectivity index (χ3n) is 3.54. The summed E-state index contributed by atoms with van der Waals surface area (Å²) in [6.45, 7) is 5.64. The van der Waals surface area contributed by atoms with Crippen LogP contribution in [0.3, 0.4) is 0 Å². The summed E-state index contributed by atoms with van der Waals surface area (Å²) >= 11 is 0. The molecule has 6 nitrogen and oxygen atoms in total. The normalized spacial score (nSPS) is 13.0. The van der Waals surface area contributed by atoms with E-state index in [1.165, 1.54) is 6.92 Å². The summed E-state index contributed by atoms with van der Waals surface area (Å²) in [6, 6.07) is 4.50. The van der Waals surface area contributed by atoms with Gasteiger partial charge in [0, 0.05) is 18.2 Å². The zero-order chi connectivity index (χ0) is 16.9. The molecule has 0 radical (unpaired) electrons. The van der Waals surface area contributed by atoms with Crippen molar-refractivity contribution >= 4 is 18.3 Å². The summed E-state index contributed by atoms with van der Waals surface area (Å²) in [7, 11) is 3.13. The van der Waals surface area contributed by atoms with Crippen LogP contribution in [0.4, 0.5) is 0 Å². The van der Waals surface area contributed by atoms with Gasteiger partial charge in [-0.25, -0.2) is 0 Å². The Morgan fingerprint density at radius 2 is 1.87 bits per heavy atom. The lowest BCUT2D eigenvalue weighted by Crippen LogP contribution is -2.51. The van der Waals surface area contributed by atoms with E-state index in [9.17, 15) is 9.90 Å². The fraction of sp³-hybridized carbons (Fsp3) is 0.562. The molecule has 3 N–H and O–H groups in total. The fourth-order valence-corrected chi connectivity index (χ4v) is 2.17. The lowest BCUT2D eigenvalue weighted by atomic mass is 10.1. The van der Waals surface area contributed by atoms with Gasteiger partial charge in [-0.2, -0.15) is 0 Å². The first-order valence-electron chi connectivity index (χ1n) is 7.27. The molecule has 0 spiro atoms. The summed E-state index contributed by atoms with van der Waals surface area (Å²) in [6.07, 6.45) is -0.902. The van der Waals surface area contributed by atoms with Gasteiger partial charge in [0.1, 0.15) is 6.04 Å². The molecule has 0 aliphatic carbocycles. The molecule has 0 saturated heterocycles. The average Bonchev–Trinajstić information content (AvgIpc) is 2.50. The van der Waals surface area contributed by atoms with E-state index in [4.69, 9.17) is 15.2 Å². The van der Waals surface area contributed by atoms with Gasteiger partial charge < -0.3 is 25.2 Å². The van der Waals surface area contributed by atoms with E-state index < -0.39 is 12.1 Å². The molecule has 0 unspecified atom stereocenters. The van der Waals surface area contributed by atoms with Crippen LogP contribution in [-0.4, -0.2) is 48.3 Å². The number of amides is 1. The van der Waals surface area contributed by atoms with Crippen molar-refractivity contribution in [2.75, 3.05) is 14.2 Å². The van der Waals surface area contributed by atoms with Gasteiger partial charge in [0.15, 0.2) is 11.5 Å². The smallest absolute Gasteiger partial charge is 0.242 e. The van der Waals surface area contributed by atoms with Crippen LogP contribution in [0.2, 0.25) is 0 Å². The highest BCUT2D eigenvalue weighted by atomic mass is 35.5. The van der Waals surface area contributed by atoms with Crippen LogP contribution in [0.25, 0.3) is 0 Å². The maximum Gasteiger partial charge on any atom is 0.242 e. The number of methoxy groups -OCH3 is 2. The summed E-state index contributed by atoms with van der Waals surface area (Å²) in [5.74, 6) is 0.903. The molecule has 0 bridgehead atoms. The van der Waals surface area contributed by atoms with Gasteiger partial charge in [-0.1, -0.05) is 12.1 Å². The molecule has 1 amide bonds. The van der Waals surface area contributed by atoms with Crippen LogP contribution in [0.5, 0.6) is 11.5 Å². The van der Waals surface area contributed by atoms with Gasteiger partial charge in [0.2, 0.25) is 5.91 Å². The minimum absolute atomic E-state index is 0. The minimum atomic E-state index is -0.945. The van der Waals surface area contributed by atoms with Gasteiger partial charge in [0.05, 0.1) is 20.3 Å². The van der Waals surface area contributed by atoms with Gasteiger partial charge in [-0.05, 0) is 26.8 Å². The lowest BCUT2D eigenvalue weighted by Gasteiger charge is -2.31. The molecule has 0 heterocycles. The summed E-state index contributed by atoms with van der Waals surface area (Å²) in [5, 5.41) is 9.55. The number of ether oxygens (including phenoxy) is 2. The van der Waals surface area contributed by atoms with Crippen LogP contribution in [0.1, 0.15) is 26.3 Å². The van der Waals surface area contributed by atoms with E-state index in [0.29, 0.717) is 18.0 Å². The highest BCUT2D eigenvalue weighted by Crippen LogP contribution is 2.31. The first-order chi connectivity index (χ1) is 10.3. The Bertz CT molecular complexity index is 509. The molecule has 7 heteroatoms. The SMILES string of the molecule is COc1cccc(CN(C(=O)[C@@H](N)[C@@H](C)O)C(C)C)c1OC.Cl. The number of aliphatic hydroxyl groups excluding tert-OH is 1. The van der Waals surface area contributed by atoms with Crippen molar-refractivity contribution in [3.63, 3.8) is 0 Å². The second-order valence-electron chi connectivity index (χ2n) is 5.48. The molecule has 132 valence electrons. The van der Waals surface area contributed by atoms with Gasteiger partial charge in [-0.3, -0.25) is 4.79 Å². The van der Waals surface area contributed by atoms with E-state index in [1.54, 1.807) is 25.2 Å². The predicted molar refractivity (Wildman–Crippen MR) is 92.1 cm³/mol. The summed E-state index contributed by atoms with van der Waals surface area (Å²) in [4.78, 5) is 14.1. The van der Waals surface area contributed by atoms with Gasteiger partial charge >= 0.3 is 0 Å². The summed E-state index contributed by atoms with van der Waals surface area (Å²) in [5.41, 5.74) is 6.60. The maximum atomic E-state index is 12.5. The van der Waals surface area contributed by atoms with E-state index >= 15 is 0 Å². The highest BCUT2D eigenvalue weighted by molar-refractivity contribution is 5.85. The second-order valence-corrected chi connectivity index (χ2v) is 5.48. The van der Waals surface area contributed by atoms with Gasteiger partial charge in [0.25, 0.3) is 0 Å². The average molecular weight is 347 g/mol. The standard InChI is InChI=1S/C16H26N2O4.ClH/c1-10(2)18(16(20)14(17)11(3)19)9-12-7-6-8-13(21-4)15(12)22-5;/h6-8,10-11,14,19H,9,17H2,1-5H3;1H/t11-,14+;/m1./s1. The van der Waals surface area contributed by atoms with Crippen molar-refractivity contribution in [1.29, 1.82) is 0 Å².